The zero-order valence-electron chi connectivity index (χ0n) is 17.4. The smallest absolute Gasteiger partial charge is 0.379 e. The second kappa shape index (κ2) is 11.0. The molecule has 0 heterocycles. The largest absolute Gasteiger partial charge is 0.424 e. The monoisotopic (exact) mass is 433 g/mol. The fourth-order valence-corrected chi connectivity index (χ4v) is 5.10. The molecule has 1 aliphatic carbocycles. The lowest BCUT2D eigenvalue weighted by atomic mass is 10.1. The van der Waals surface area contributed by atoms with E-state index in [-0.39, 0.29) is 29.8 Å². The number of non-ortho nitro benzene ring substituents is 1. The molecule has 0 saturated carbocycles. The molecule has 7 nitrogen and oxygen atoms in total. The molecule has 162 valence electrons. The van der Waals surface area contributed by atoms with Gasteiger partial charge in [-0.25, -0.2) is 4.57 Å². The van der Waals surface area contributed by atoms with E-state index in [9.17, 15) is 19.5 Å². The van der Waals surface area contributed by atoms with Crippen molar-refractivity contribution in [2.75, 3.05) is 6.16 Å². The van der Waals surface area contributed by atoms with Crippen LogP contribution in [0.2, 0.25) is 0 Å². The average molecular weight is 433 g/mol. The molecule has 1 unspecified atom stereocenters. The highest BCUT2D eigenvalue weighted by Crippen LogP contribution is 2.52. The summed E-state index contributed by atoms with van der Waals surface area (Å²) in [6.07, 6.45) is 7.93. The number of hydrogen-bond acceptors (Lipinski definition) is 6. The number of ketones is 1. The van der Waals surface area contributed by atoms with Crippen molar-refractivity contribution >= 4 is 19.1 Å². The van der Waals surface area contributed by atoms with E-state index >= 15 is 0 Å². The van der Waals surface area contributed by atoms with Crippen LogP contribution in [0.5, 0.6) is 5.75 Å². The molecule has 2 rings (SSSR count). The Labute approximate surface area is 177 Å². The highest BCUT2D eigenvalue weighted by atomic mass is 31.2. The van der Waals surface area contributed by atoms with E-state index in [2.05, 4.69) is 6.58 Å². The molecule has 0 saturated heterocycles. The Balaban J connectivity index is 2.20. The topological polar surface area (TPSA) is 95.7 Å². The van der Waals surface area contributed by atoms with E-state index in [1.807, 2.05) is 19.9 Å². The van der Waals surface area contributed by atoms with Crippen LogP contribution in [0.25, 0.3) is 0 Å². The summed E-state index contributed by atoms with van der Waals surface area (Å²) in [5.74, 6) is 0.210. The number of unbranched alkanes of at least 4 members (excludes halogenated alkanes) is 2. The van der Waals surface area contributed by atoms with Gasteiger partial charge in [0.2, 0.25) is 0 Å². The van der Waals surface area contributed by atoms with Gasteiger partial charge in [-0.05, 0) is 37.5 Å². The molecule has 0 amide bonds. The molecule has 0 aromatic heterocycles. The lowest BCUT2D eigenvalue weighted by Crippen LogP contribution is -2.14. The lowest BCUT2D eigenvalue weighted by Gasteiger charge is -2.23. The molecule has 0 N–H and O–H groups in total. The number of hydrogen-bond donors (Lipinski definition) is 0. The molecule has 0 radical (unpaired) electrons. The third kappa shape index (κ3) is 6.51. The molecule has 0 bridgehead atoms. The number of nitro groups is 1. The Hall–Kier alpha value is -2.50. The van der Waals surface area contributed by atoms with Gasteiger partial charge in [-0.2, -0.15) is 0 Å². The minimum Gasteiger partial charge on any atom is -0.424 e. The van der Waals surface area contributed by atoms with E-state index in [0.717, 1.165) is 18.4 Å². The summed E-state index contributed by atoms with van der Waals surface area (Å²) < 4.78 is 25.1. The molecular weight excluding hydrogens is 405 g/mol. The Morgan fingerprint density at radius 3 is 2.60 bits per heavy atom. The van der Waals surface area contributed by atoms with E-state index in [1.165, 1.54) is 24.3 Å². The molecule has 1 aromatic rings. The summed E-state index contributed by atoms with van der Waals surface area (Å²) in [7, 11) is -3.57. The lowest BCUT2D eigenvalue weighted by molar-refractivity contribution is -0.384. The Kier molecular flexibility index (Phi) is 8.75. The van der Waals surface area contributed by atoms with Crippen molar-refractivity contribution in [3.05, 3.63) is 70.3 Å². The van der Waals surface area contributed by atoms with E-state index in [4.69, 9.17) is 9.05 Å². The van der Waals surface area contributed by atoms with Crippen molar-refractivity contribution in [3.8, 4) is 5.75 Å². The van der Waals surface area contributed by atoms with Gasteiger partial charge in [0.25, 0.3) is 5.69 Å². The fraction of sp³-hybridized carbons (Fsp3) is 0.409. The molecule has 1 aromatic carbocycles. The number of rotatable bonds is 12. The molecule has 0 spiro atoms. The first-order valence-corrected chi connectivity index (χ1v) is 11.7. The van der Waals surface area contributed by atoms with E-state index in [1.54, 1.807) is 12.2 Å². The van der Waals surface area contributed by atoms with Crippen molar-refractivity contribution in [1.29, 1.82) is 0 Å². The van der Waals surface area contributed by atoms with E-state index in [0.29, 0.717) is 18.4 Å². The molecule has 30 heavy (non-hydrogen) atoms. The van der Waals surface area contributed by atoms with Crippen LogP contribution < -0.4 is 4.52 Å². The van der Waals surface area contributed by atoms with Crippen molar-refractivity contribution < 1.29 is 23.3 Å². The summed E-state index contributed by atoms with van der Waals surface area (Å²) in [5, 5.41) is 10.8. The van der Waals surface area contributed by atoms with Gasteiger partial charge in [-0.1, -0.05) is 44.6 Å². The van der Waals surface area contributed by atoms with Gasteiger partial charge in [0.1, 0.15) is 5.75 Å². The summed E-state index contributed by atoms with van der Waals surface area (Å²) in [5.41, 5.74) is 1.34. The van der Waals surface area contributed by atoms with Gasteiger partial charge in [0, 0.05) is 24.1 Å². The first kappa shape index (κ1) is 23.8. The normalized spacial score (nSPS) is 18.6. The zero-order valence-corrected chi connectivity index (χ0v) is 18.3. The summed E-state index contributed by atoms with van der Waals surface area (Å²) in [6, 6.07) is 5.39. The standard InChI is InChI=1S/C22H28NO6P/c1-4-6-8-10-20-17(3)22(16-21(20)24)29-30(27,15-9-7-5-2)28-19-13-11-18(12-14-19)23(25)26/h4,6,8,11-14,22H,1,5,7,9-10,15-16H2,2-3H3/b8-6-/t22-,30?/m0/s1. The molecule has 1 aliphatic rings. The van der Waals surface area contributed by atoms with Gasteiger partial charge < -0.3 is 4.52 Å². The van der Waals surface area contributed by atoms with Crippen LogP contribution in [-0.2, 0) is 13.9 Å². The third-order valence-electron chi connectivity index (χ3n) is 4.88. The maximum absolute atomic E-state index is 13.5. The van der Waals surface area contributed by atoms with Gasteiger partial charge >= 0.3 is 7.60 Å². The molecule has 0 fully saturated rings. The number of nitro benzene ring substituents is 1. The molecule has 0 aliphatic heterocycles. The quantitative estimate of drug-likeness (QED) is 0.129. The van der Waals surface area contributed by atoms with Crippen molar-refractivity contribution in [2.24, 2.45) is 0 Å². The van der Waals surface area contributed by atoms with Crippen molar-refractivity contribution in [1.82, 2.24) is 0 Å². The average Bonchev–Trinajstić information content (AvgIpc) is 2.95. The zero-order chi connectivity index (χ0) is 22.1. The van der Waals surface area contributed by atoms with Crippen LogP contribution in [0.1, 0.15) is 46.0 Å². The number of benzene rings is 1. The van der Waals surface area contributed by atoms with Crippen LogP contribution in [0.15, 0.2) is 60.2 Å². The Bertz CT molecular complexity index is 887. The minimum atomic E-state index is -3.57. The maximum Gasteiger partial charge on any atom is 0.379 e. The van der Waals surface area contributed by atoms with Crippen LogP contribution >= 0.6 is 7.60 Å². The van der Waals surface area contributed by atoms with Crippen molar-refractivity contribution in [2.45, 2.75) is 52.1 Å². The number of carbonyl (C=O) groups excluding carboxylic acids is 1. The first-order chi connectivity index (χ1) is 14.3. The third-order valence-corrected chi connectivity index (χ3v) is 6.80. The SMILES string of the molecule is C=C/C=C\CC1=C(C)[C@@H](OP(=O)(CCCCC)Oc2ccc([N+](=O)[O-])cc2)CC1=O. The summed E-state index contributed by atoms with van der Waals surface area (Å²) >= 11 is 0. The number of allylic oxidation sites excluding steroid dienone is 4. The highest BCUT2D eigenvalue weighted by molar-refractivity contribution is 7.54. The number of nitrogens with zero attached hydrogens (tertiary/aromatic N) is 1. The minimum absolute atomic E-state index is 0.0262. The molecular formula is C22H28NO6P. The van der Waals surface area contributed by atoms with Gasteiger partial charge in [-0.3, -0.25) is 19.4 Å². The fourth-order valence-electron chi connectivity index (χ4n) is 3.19. The van der Waals surface area contributed by atoms with Crippen LogP contribution in [0.3, 0.4) is 0 Å². The second-order valence-corrected chi connectivity index (χ2v) is 9.20. The predicted molar refractivity (Wildman–Crippen MR) is 117 cm³/mol. The van der Waals surface area contributed by atoms with Gasteiger partial charge in [-0.15, -0.1) is 0 Å². The number of carbonyl (C=O) groups is 1. The maximum atomic E-state index is 13.5. The molecule has 2 atom stereocenters. The van der Waals surface area contributed by atoms with Crippen molar-refractivity contribution in [3.63, 3.8) is 0 Å². The summed E-state index contributed by atoms with van der Waals surface area (Å²) in [6.45, 7) is 7.46. The Morgan fingerprint density at radius 2 is 2.00 bits per heavy atom. The summed E-state index contributed by atoms with van der Waals surface area (Å²) in [4.78, 5) is 22.7. The van der Waals surface area contributed by atoms with Crippen LogP contribution in [0, 0.1) is 10.1 Å². The van der Waals surface area contributed by atoms with Gasteiger partial charge in [0.05, 0.1) is 17.2 Å². The second-order valence-electron chi connectivity index (χ2n) is 7.13. The molecule has 8 heteroatoms. The van der Waals surface area contributed by atoms with Crippen LogP contribution in [0.4, 0.5) is 5.69 Å². The number of Topliss-reactive ketones (excluding diaryl/α,β-unsaturated/α-hetero) is 1. The van der Waals surface area contributed by atoms with E-state index < -0.39 is 18.6 Å². The van der Waals surface area contributed by atoms with Gasteiger partial charge in [0.15, 0.2) is 5.78 Å². The first-order valence-electron chi connectivity index (χ1n) is 10.0. The Morgan fingerprint density at radius 1 is 1.30 bits per heavy atom. The predicted octanol–water partition coefficient (Wildman–Crippen LogP) is 6.16. The highest BCUT2D eigenvalue weighted by Gasteiger charge is 2.37. The van der Waals surface area contributed by atoms with Crippen LogP contribution in [-0.4, -0.2) is 23.0 Å².